The number of hydrogen-bond donors (Lipinski definition) is 0. The Morgan fingerprint density at radius 1 is 1.19 bits per heavy atom. The Labute approximate surface area is 194 Å². The summed E-state index contributed by atoms with van der Waals surface area (Å²) in [6.45, 7) is 6.73. The van der Waals surface area contributed by atoms with E-state index < -0.39 is 10.0 Å². The van der Waals surface area contributed by atoms with E-state index in [4.69, 9.17) is 21.1 Å². The molecule has 2 aromatic rings. The molecule has 2 atom stereocenters. The summed E-state index contributed by atoms with van der Waals surface area (Å²) in [7, 11) is -2.22. The van der Waals surface area contributed by atoms with Crippen molar-refractivity contribution in [1.29, 1.82) is 0 Å². The third-order valence-electron chi connectivity index (χ3n) is 5.31. The minimum Gasteiger partial charge on any atom is -0.491 e. The first-order valence-corrected chi connectivity index (χ1v) is 12.3. The van der Waals surface area contributed by atoms with Gasteiger partial charge < -0.3 is 14.4 Å². The van der Waals surface area contributed by atoms with Crippen molar-refractivity contribution in [1.82, 2.24) is 9.21 Å². The van der Waals surface area contributed by atoms with Crippen molar-refractivity contribution in [3.8, 4) is 5.75 Å². The Balaban J connectivity index is 1.72. The zero-order chi connectivity index (χ0) is 23.5. The highest BCUT2D eigenvalue weighted by atomic mass is 35.5. The minimum atomic E-state index is -3.87. The van der Waals surface area contributed by atoms with E-state index in [1.165, 1.54) is 27.4 Å². The SMILES string of the molecule is Cc1ccccc1OCCN(C)C(=O)c1ccc(Cl)c(S(=O)(=O)N2CC(C)OC(C)C2)c1. The summed E-state index contributed by atoms with van der Waals surface area (Å²) in [5.74, 6) is 0.456. The number of aryl methyl sites for hydroxylation is 1. The molecule has 0 bridgehead atoms. The number of halogens is 1. The number of benzene rings is 2. The quantitative estimate of drug-likeness (QED) is 0.605. The predicted octanol–water partition coefficient (Wildman–Crippen LogP) is 3.60. The van der Waals surface area contributed by atoms with Crippen LogP contribution in [0.25, 0.3) is 0 Å². The topological polar surface area (TPSA) is 76.2 Å². The van der Waals surface area contributed by atoms with E-state index >= 15 is 0 Å². The highest BCUT2D eigenvalue weighted by Crippen LogP contribution is 2.28. The van der Waals surface area contributed by atoms with E-state index in [1.54, 1.807) is 7.05 Å². The van der Waals surface area contributed by atoms with Crippen molar-refractivity contribution in [2.45, 2.75) is 37.9 Å². The van der Waals surface area contributed by atoms with Crippen LogP contribution in [0.2, 0.25) is 5.02 Å². The van der Waals surface area contributed by atoms with Crippen LogP contribution in [0.5, 0.6) is 5.75 Å². The summed E-state index contributed by atoms with van der Waals surface area (Å²) >= 11 is 6.24. The van der Waals surface area contributed by atoms with Gasteiger partial charge in [0.25, 0.3) is 5.91 Å². The molecule has 1 amide bonds. The fourth-order valence-corrected chi connectivity index (χ4v) is 5.72. The fourth-order valence-electron chi connectivity index (χ4n) is 3.63. The highest BCUT2D eigenvalue weighted by Gasteiger charge is 2.34. The molecule has 0 N–H and O–H groups in total. The zero-order valence-electron chi connectivity index (χ0n) is 18.7. The van der Waals surface area contributed by atoms with Gasteiger partial charge in [0.1, 0.15) is 17.3 Å². The van der Waals surface area contributed by atoms with E-state index in [9.17, 15) is 13.2 Å². The number of rotatable bonds is 7. The van der Waals surface area contributed by atoms with Crippen LogP contribution >= 0.6 is 11.6 Å². The molecule has 0 aliphatic carbocycles. The first kappa shape index (κ1) is 24.5. The summed E-state index contributed by atoms with van der Waals surface area (Å²) < 4.78 is 39.3. The van der Waals surface area contributed by atoms with Crippen LogP contribution in [0.4, 0.5) is 0 Å². The van der Waals surface area contributed by atoms with Crippen LogP contribution in [-0.4, -0.2) is 69.0 Å². The Hall–Kier alpha value is -2.13. The van der Waals surface area contributed by atoms with Crippen molar-refractivity contribution >= 4 is 27.5 Å². The van der Waals surface area contributed by atoms with Gasteiger partial charge in [-0.15, -0.1) is 0 Å². The second-order valence-electron chi connectivity index (χ2n) is 8.07. The highest BCUT2D eigenvalue weighted by molar-refractivity contribution is 7.89. The van der Waals surface area contributed by atoms with Crippen molar-refractivity contribution in [3.63, 3.8) is 0 Å². The lowest BCUT2D eigenvalue weighted by atomic mass is 10.2. The molecule has 2 aromatic carbocycles. The number of hydrogen-bond acceptors (Lipinski definition) is 5. The molecule has 2 unspecified atom stereocenters. The molecule has 1 aliphatic rings. The maximum atomic E-state index is 13.2. The average molecular weight is 481 g/mol. The Kier molecular flexibility index (Phi) is 7.82. The number of carbonyl (C=O) groups excluding carboxylic acids is 1. The summed E-state index contributed by atoms with van der Waals surface area (Å²) in [5, 5.41) is 0.0823. The summed E-state index contributed by atoms with van der Waals surface area (Å²) in [6, 6.07) is 12.0. The normalized spacial score (nSPS) is 19.5. The molecule has 174 valence electrons. The van der Waals surface area contributed by atoms with Gasteiger partial charge in [-0.3, -0.25) is 4.79 Å². The number of morpholine rings is 1. The van der Waals surface area contributed by atoms with E-state index in [0.717, 1.165) is 11.3 Å². The molecule has 9 heteroatoms. The Morgan fingerprint density at radius 3 is 2.50 bits per heavy atom. The number of likely N-dealkylation sites (N-methyl/N-ethyl adjacent to an activating group) is 1. The summed E-state index contributed by atoms with van der Waals surface area (Å²) in [5.41, 5.74) is 1.27. The van der Waals surface area contributed by atoms with Crippen molar-refractivity contribution in [2.75, 3.05) is 33.3 Å². The van der Waals surface area contributed by atoms with Crippen molar-refractivity contribution in [3.05, 3.63) is 58.6 Å². The minimum absolute atomic E-state index is 0.0733. The Bertz CT molecular complexity index is 1070. The molecule has 3 rings (SSSR count). The molecule has 1 saturated heterocycles. The Morgan fingerprint density at radius 2 is 1.84 bits per heavy atom. The molecule has 0 spiro atoms. The number of nitrogens with zero attached hydrogens (tertiary/aromatic N) is 2. The molecule has 0 saturated carbocycles. The van der Waals surface area contributed by atoms with Crippen LogP contribution in [0.15, 0.2) is 47.4 Å². The van der Waals surface area contributed by atoms with Gasteiger partial charge in [0.05, 0.1) is 23.8 Å². The van der Waals surface area contributed by atoms with Gasteiger partial charge in [0.2, 0.25) is 10.0 Å². The van der Waals surface area contributed by atoms with Gasteiger partial charge in [0, 0.05) is 25.7 Å². The summed E-state index contributed by atoms with van der Waals surface area (Å²) in [4.78, 5) is 14.3. The lowest BCUT2D eigenvalue weighted by Gasteiger charge is -2.34. The molecule has 32 heavy (non-hydrogen) atoms. The van der Waals surface area contributed by atoms with E-state index in [0.29, 0.717) is 13.2 Å². The van der Waals surface area contributed by atoms with Gasteiger partial charge in [0.15, 0.2) is 0 Å². The van der Waals surface area contributed by atoms with Gasteiger partial charge in [-0.05, 0) is 50.6 Å². The molecule has 1 heterocycles. The van der Waals surface area contributed by atoms with Crippen LogP contribution in [0, 0.1) is 6.92 Å². The van der Waals surface area contributed by atoms with Gasteiger partial charge in [-0.25, -0.2) is 8.42 Å². The maximum Gasteiger partial charge on any atom is 0.253 e. The second kappa shape index (κ2) is 10.2. The number of para-hydroxylation sites is 1. The van der Waals surface area contributed by atoms with E-state index in [1.807, 2.05) is 45.0 Å². The molecule has 7 nitrogen and oxygen atoms in total. The third-order valence-corrected chi connectivity index (χ3v) is 7.62. The molecular formula is C23H29ClN2O5S. The molecular weight excluding hydrogens is 452 g/mol. The average Bonchev–Trinajstić information content (AvgIpc) is 2.74. The lowest BCUT2D eigenvalue weighted by Crippen LogP contribution is -2.48. The van der Waals surface area contributed by atoms with Crippen LogP contribution in [-0.2, 0) is 14.8 Å². The largest absolute Gasteiger partial charge is 0.491 e. The summed E-state index contributed by atoms with van der Waals surface area (Å²) in [6.07, 6.45) is -0.451. The van der Waals surface area contributed by atoms with Gasteiger partial charge in [-0.1, -0.05) is 29.8 Å². The van der Waals surface area contributed by atoms with E-state index in [2.05, 4.69) is 0 Å². The second-order valence-corrected chi connectivity index (χ2v) is 10.4. The van der Waals surface area contributed by atoms with Crippen molar-refractivity contribution in [2.24, 2.45) is 0 Å². The van der Waals surface area contributed by atoms with Crippen molar-refractivity contribution < 1.29 is 22.7 Å². The van der Waals surface area contributed by atoms with Gasteiger partial charge >= 0.3 is 0 Å². The van der Waals surface area contributed by atoms with Crippen LogP contribution in [0.1, 0.15) is 29.8 Å². The van der Waals surface area contributed by atoms with E-state index in [-0.39, 0.29) is 46.7 Å². The molecule has 0 aromatic heterocycles. The monoisotopic (exact) mass is 480 g/mol. The number of amides is 1. The number of sulfonamides is 1. The maximum absolute atomic E-state index is 13.2. The predicted molar refractivity (Wildman–Crippen MR) is 124 cm³/mol. The number of carbonyl (C=O) groups is 1. The molecule has 1 fully saturated rings. The molecule has 1 aliphatic heterocycles. The lowest BCUT2D eigenvalue weighted by molar-refractivity contribution is -0.0440. The van der Waals surface area contributed by atoms with Crippen LogP contribution < -0.4 is 4.74 Å². The smallest absolute Gasteiger partial charge is 0.253 e. The van der Waals surface area contributed by atoms with Crippen LogP contribution in [0.3, 0.4) is 0 Å². The molecule has 0 radical (unpaired) electrons. The standard InChI is InChI=1S/C23H29ClN2O5S/c1-16-7-5-6-8-21(16)30-12-11-25(4)23(27)19-9-10-20(24)22(13-19)32(28,29)26-14-17(2)31-18(3)15-26/h5-10,13,17-18H,11-12,14-15H2,1-4H3. The van der Waals surface area contributed by atoms with Gasteiger partial charge in [-0.2, -0.15) is 4.31 Å². The number of ether oxygens (including phenoxy) is 2. The first-order chi connectivity index (χ1) is 15.1. The fraction of sp³-hybridized carbons (Fsp3) is 0.435. The zero-order valence-corrected chi connectivity index (χ0v) is 20.3. The first-order valence-electron chi connectivity index (χ1n) is 10.5. The third kappa shape index (κ3) is 5.61.